The highest BCUT2D eigenvalue weighted by atomic mass is 35.5. The van der Waals surface area contributed by atoms with Crippen LogP contribution in [-0.2, 0) is 18.4 Å². The smallest absolute Gasteiger partial charge is 0.262 e. The standard InChI is InChI=1S/C16H18F2N4O.ClH/c1-22-9-13(8-21-22)12-4-2-3-11(5-12)7-19-15(23)14-6-16(17,18)10-20-14;/h2-5,8-9,14,20H,6-7,10H2,1H3,(H,19,23);1H. The summed E-state index contributed by atoms with van der Waals surface area (Å²) in [6, 6.07) is 6.87. The van der Waals surface area contributed by atoms with Gasteiger partial charge < -0.3 is 5.32 Å². The Bertz CT molecular complexity index is 720. The molecule has 1 unspecified atom stereocenters. The second-order valence-electron chi connectivity index (χ2n) is 5.81. The van der Waals surface area contributed by atoms with Gasteiger partial charge in [-0.1, -0.05) is 18.2 Å². The van der Waals surface area contributed by atoms with Gasteiger partial charge >= 0.3 is 0 Å². The number of hydrogen-bond acceptors (Lipinski definition) is 3. The molecule has 0 saturated carbocycles. The summed E-state index contributed by atoms with van der Waals surface area (Å²) in [6.07, 6.45) is 3.22. The molecule has 0 radical (unpaired) electrons. The van der Waals surface area contributed by atoms with Crippen LogP contribution in [0.3, 0.4) is 0 Å². The molecule has 24 heavy (non-hydrogen) atoms. The third-order valence-corrected chi connectivity index (χ3v) is 3.86. The number of amides is 1. The van der Waals surface area contributed by atoms with Crippen molar-refractivity contribution >= 4 is 18.3 Å². The van der Waals surface area contributed by atoms with Crippen molar-refractivity contribution in [1.29, 1.82) is 0 Å². The van der Waals surface area contributed by atoms with E-state index < -0.39 is 30.8 Å². The second-order valence-corrected chi connectivity index (χ2v) is 5.81. The Kier molecular flexibility index (Phi) is 5.56. The van der Waals surface area contributed by atoms with E-state index in [1.165, 1.54) is 0 Å². The average Bonchev–Trinajstić information content (AvgIpc) is 3.11. The first kappa shape index (κ1) is 18.4. The molecule has 8 heteroatoms. The van der Waals surface area contributed by atoms with E-state index in [0.29, 0.717) is 6.54 Å². The first-order valence-corrected chi connectivity index (χ1v) is 7.40. The fourth-order valence-corrected chi connectivity index (χ4v) is 2.64. The molecule has 1 atom stereocenters. The summed E-state index contributed by atoms with van der Waals surface area (Å²) in [5.41, 5.74) is 2.89. The molecule has 0 spiro atoms. The normalized spacial score (nSPS) is 18.9. The lowest BCUT2D eigenvalue weighted by Crippen LogP contribution is -2.40. The molecular formula is C16H19ClF2N4O. The lowest BCUT2D eigenvalue weighted by molar-refractivity contribution is -0.123. The number of benzene rings is 1. The van der Waals surface area contributed by atoms with Crippen molar-refractivity contribution in [2.45, 2.75) is 24.9 Å². The highest BCUT2D eigenvalue weighted by Crippen LogP contribution is 2.25. The third kappa shape index (κ3) is 4.30. The van der Waals surface area contributed by atoms with Gasteiger partial charge in [0.25, 0.3) is 5.92 Å². The number of nitrogens with zero attached hydrogens (tertiary/aromatic N) is 2. The quantitative estimate of drug-likeness (QED) is 0.882. The SMILES string of the molecule is Cl.Cn1cc(-c2cccc(CNC(=O)C3CC(F)(F)CN3)c2)cn1. The van der Waals surface area contributed by atoms with E-state index in [9.17, 15) is 13.6 Å². The van der Waals surface area contributed by atoms with Gasteiger partial charge in [-0.25, -0.2) is 8.78 Å². The molecule has 5 nitrogen and oxygen atoms in total. The highest BCUT2D eigenvalue weighted by Gasteiger charge is 2.42. The molecule has 130 valence electrons. The molecule has 1 aromatic heterocycles. The van der Waals surface area contributed by atoms with Crippen molar-refractivity contribution in [3.8, 4) is 11.1 Å². The van der Waals surface area contributed by atoms with Gasteiger partial charge in [0.15, 0.2) is 0 Å². The minimum Gasteiger partial charge on any atom is -0.351 e. The lowest BCUT2D eigenvalue weighted by atomic mass is 10.1. The van der Waals surface area contributed by atoms with Gasteiger partial charge in [-0.2, -0.15) is 5.10 Å². The summed E-state index contributed by atoms with van der Waals surface area (Å²) in [6.45, 7) is -0.141. The van der Waals surface area contributed by atoms with Gasteiger partial charge in [0, 0.05) is 31.8 Å². The monoisotopic (exact) mass is 356 g/mol. The van der Waals surface area contributed by atoms with Crippen LogP contribution < -0.4 is 10.6 Å². The Morgan fingerprint density at radius 2 is 2.25 bits per heavy atom. The van der Waals surface area contributed by atoms with Crippen molar-refractivity contribution in [3.63, 3.8) is 0 Å². The summed E-state index contributed by atoms with van der Waals surface area (Å²) in [5.74, 6) is -3.20. The van der Waals surface area contributed by atoms with Crippen molar-refractivity contribution < 1.29 is 13.6 Å². The maximum absolute atomic E-state index is 13.1. The molecule has 1 saturated heterocycles. The molecule has 2 heterocycles. The molecule has 1 aliphatic rings. The zero-order chi connectivity index (χ0) is 16.4. The van der Waals surface area contributed by atoms with Crippen molar-refractivity contribution in [3.05, 3.63) is 42.2 Å². The van der Waals surface area contributed by atoms with Crippen LogP contribution in [0.15, 0.2) is 36.7 Å². The molecule has 1 aromatic carbocycles. The van der Waals surface area contributed by atoms with Gasteiger partial charge in [0.05, 0.1) is 18.8 Å². The van der Waals surface area contributed by atoms with Crippen LogP contribution in [0, 0.1) is 0 Å². The Morgan fingerprint density at radius 3 is 2.88 bits per heavy atom. The number of aromatic nitrogens is 2. The Morgan fingerprint density at radius 1 is 1.46 bits per heavy atom. The predicted molar refractivity (Wildman–Crippen MR) is 89.1 cm³/mol. The van der Waals surface area contributed by atoms with Crippen LogP contribution in [0.4, 0.5) is 8.78 Å². The molecule has 3 rings (SSSR count). The van der Waals surface area contributed by atoms with E-state index in [2.05, 4.69) is 15.7 Å². The fraction of sp³-hybridized carbons (Fsp3) is 0.375. The summed E-state index contributed by atoms with van der Waals surface area (Å²) >= 11 is 0. The second kappa shape index (κ2) is 7.27. The maximum atomic E-state index is 13.1. The van der Waals surface area contributed by atoms with Crippen LogP contribution in [-0.4, -0.2) is 34.2 Å². The summed E-state index contributed by atoms with van der Waals surface area (Å²) in [5, 5.41) is 9.39. The van der Waals surface area contributed by atoms with E-state index in [1.807, 2.05) is 37.5 Å². The highest BCUT2D eigenvalue weighted by molar-refractivity contribution is 5.85. The van der Waals surface area contributed by atoms with E-state index in [1.54, 1.807) is 10.9 Å². The van der Waals surface area contributed by atoms with Gasteiger partial charge in [-0.15, -0.1) is 12.4 Å². The van der Waals surface area contributed by atoms with Crippen molar-refractivity contribution in [2.75, 3.05) is 6.54 Å². The molecule has 0 bridgehead atoms. The number of alkyl halides is 2. The first-order valence-electron chi connectivity index (χ1n) is 7.40. The maximum Gasteiger partial charge on any atom is 0.262 e. The summed E-state index contributed by atoms with van der Waals surface area (Å²) < 4.78 is 27.9. The molecule has 1 amide bonds. The van der Waals surface area contributed by atoms with E-state index in [-0.39, 0.29) is 12.4 Å². The number of hydrogen-bond donors (Lipinski definition) is 2. The van der Waals surface area contributed by atoms with Crippen LogP contribution in [0.1, 0.15) is 12.0 Å². The predicted octanol–water partition coefficient (Wildman–Crippen LogP) is 2.12. The molecule has 2 N–H and O–H groups in total. The molecule has 0 aliphatic carbocycles. The number of rotatable bonds is 4. The largest absolute Gasteiger partial charge is 0.351 e. The van der Waals surface area contributed by atoms with Crippen LogP contribution in [0.5, 0.6) is 0 Å². The Hall–Kier alpha value is -1.99. The average molecular weight is 357 g/mol. The van der Waals surface area contributed by atoms with Gasteiger partial charge in [0.2, 0.25) is 5.91 Å². The number of nitrogens with one attached hydrogen (secondary N) is 2. The van der Waals surface area contributed by atoms with Gasteiger partial charge in [-0.05, 0) is 17.2 Å². The fourth-order valence-electron chi connectivity index (χ4n) is 2.64. The van der Waals surface area contributed by atoms with Crippen molar-refractivity contribution in [2.24, 2.45) is 7.05 Å². The summed E-state index contributed by atoms with van der Waals surface area (Å²) in [4.78, 5) is 11.9. The minimum absolute atomic E-state index is 0. The first-order chi connectivity index (χ1) is 10.9. The van der Waals surface area contributed by atoms with E-state index >= 15 is 0 Å². The summed E-state index contributed by atoms with van der Waals surface area (Å²) in [7, 11) is 1.85. The van der Waals surface area contributed by atoms with Crippen LogP contribution in [0.25, 0.3) is 11.1 Å². The zero-order valence-electron chi connectivity index (χ0n) is 13.1. The van der Waals surface area contributed by atoms with E-state index in [4.69, 9.17) is 0 Å². The minimum atomic E-state index is -2.80. The number of carbonyl (C=O) groups excluding carboxylic acids is 1. The zero-order valence-corrected chi connectivity index (χ0v) is 13.9. The van der Waals surface area contributed by atoms with Crippen LogP contribution >= 0.6 is 12.4 Å². The lowest BCUT2D eigenvalue weighted by Gasteiger charge is -2.11. The number of carbonyl (C=O) groups is 1. The molecule has 2 aromatic rings. The van der Waals surface area contributed by atoms with Gasteiger partial charge in [-0.3, -0.25) is 14.8 Å². The molecule has 1 fully saturated rings. The third-order valence-electron chi connectivity index (χ3n) is 3.86. The number of aryl methyl sites for hydroxylation is 1. The van der Waals surface area contributed by atoms with Gasteiger partial charge in [0.1, 0.15) is 0 Å². The van der Waals surface area contributed by atoms with E-state index in [0.717, 1.165) is 16.7 Å². The Balaban J connectivity index is 0.00000208. The topological polar surface area (TPSA) is 59.0 Å². The Labute approximate surface area is 144 Å². The molecule has 1 aliphatic heterocycles. The molecular weight excluding hydrogens is 338 g/mol. The number of halogens is 3. The van der Waals surface area contributed by atoms with Crippen molar-refractivity contribution in [1.82, 2.24) is 20.4 Å². The van der Waals surface area contributed by atoms with Crippen LogP contribution in [0.2, 0.25) is 0 Å².